The summed E-state index contributed by atoms with van der Waals surface area (Å²) in [6, 6.07) is 18.4. The fourth-order valence-electron chi connectivity index (χ4n) is 5.23. The van der Waals surface area contributed by atoms with E-state index in [1.807, 2.05) is 48.5 Å². The highest BCUT2D eigenvalue weighted by atomic mass is 35.5. The fourth-order valence-corrected chi connectivity index (χ4v) is 6.42. The minimum absolute atomic E-state index is 0.211. The first kappa shape index (κ1) is 27.0. The maximum atomic E-state index is 13.4. The zero-order valence-corrected chi connectivity index (χ0v) is 23.3. The number of nitrogens with zero attached hydrogens (tertiary/aromatic N) is 1. The molecule has 0 spiro atoms. The Hall–Kier alpha value is -2.58. The first-order valence-corrected chi connectivity index (χ1v) is 15.4. The van der Waals surface area contributed by atoms with E-state index in [2.05, 4.69) is 14.9 Å². The van der Waals surface area contributed by atoms with E-state index >= 15 is 0 Å². The third kappa shape index (κ3) is 6.89. The molecule has 5 rings (SSSR count). The average molecular weight is 554 g/mol. The van der Waals surface area contributed by atoms with Crippen molar-refractivity contribution in [3.63, 3.8) is 0 Å². The van der Waals surface area contributed by atoms with Gasteiger partial charge in [0.2, 0.25) is 0 Å². The molecule has 0 unspecified atom stereocenters. The van der Waals surface area contributed by atoms with Crippen molar-refractivity contribution < 1.29 is 13.2 Å². The second kappa shape index (κ2) is 12.5. The molecule has 0 aliphatic carbocycles. The number of piperidine rings is 1. The van der Waals surface area contributed by atoms with Crippen LogP contribution in [0.5, 0.6) is 5.75 Å². The van der Waals surface area contributed by atoms with Gasteiger partial charge < -0.3 is 15.0 Å². The molecule has 0 radical (unpaired) electrons. The van der Waals surface area contributed by atoms with Crippen molar-refractivity contribution in [2.45, 2.75) is 43.4 Å². The van der Waals surface area contributed by atoms with Crippen LogP contribution in [0.3, 0.4) is 0 Å². The van der Waals surface area contributed by atoms with Crippen LogP contribution < -0.4 is 14.8 Å². The Morgan fingerprint density at radius 3 is 2.18 bits per heavy atom. The first-order chi connectivity index (χ1) is 18.5. The third-order valence-corrected chi connectivity index (χ3v) is 8.99. The van der Waals surface area contributed by atoms with Crippen LogP contribution in [0, 0.1) is 0 Å². The second-order valence-electron chi connectivity index (χ2n) is 10.1. The molecule has 2 N–H and O–H groups in total. The van der Waals surface area contributed by atoms with Crippen molar-refractivity contribution in [2.24, 2.45) is 0 Å². The molecular weight excluding hydrogens is 518 g/mol. The van der Waals surface area contributed by atoms with Crippen LogP contribution in [0.15, 0.2) is 65.6 Å². The highest BCUT2D eigenvalue weighted by Gasteiger charge is 2.20. The average Bonchev–Trinajstić information content (AvgIpc) is 3.17. The molecule has 38 heavy (non-hydrogen) atoms. The van der Waals surface area contributed by atoms with E-state index in [0.717, 1.165) is 68.7 Å². The lowest BCUT2D eigenvalue weighted by atomic mass is 10.0. The number of rotatable bonds is 9. The number of anilines is 1. The van der Waals surface area contributed by atoms with E-state index in [9.17, 15) is 8.42 Å². The molecule has 2 aliphatic rings. The molecule has 2 heterocycles. The molecular formula is C30H36ClN3O3S. The van der Waals surface area contributed by atoms with Gasteiger partial charge in [0.15, 0.2) is 0 Å². The Morgan fingerprint density at radius 1 is 0.868 bits per heavy atom. The molecule has 6 nitrogen and oxygen atoms in total. The van der Waals surface area contributed by atoms with Gasteiger partial charge in [-0.2, -0.15) is 0 Å². The van der Waals surface area contributed by atoms with E-state index in [-0.39, 0.29) is 4.90 Å². The highest BCUT2D eigenvalue weighted by molar-refractivity contribution is 7.92. The lowest BCUT2D eigenvalue weighted by Gasteiger charge is -2.26. The Balaban J connectivity index is 1.33. The second-order valence-corrected chi connectivity index (χ2v) is 12.2. The monoisotopic (exact) mass is 553 g/mol. The summed E-state index contributed by atoms with van der Waals surface area (Å²) < 4.78 is 35.9. The number of ether oxygens (including phenoxy) is 1. The molecule has 0 aromatic heterocycles. The van der Waals surface area contributed by atoms with Crippen molar-refractivity contribution in [3.8, 4) is 16.9 Å². The summed E-state index contributed by atoms with van der Waals surface area (Å²) in [6.07, 6.45) is 6.54. The van der Waals surface area contributed by atoms with E-state index < -0.39 is 10.0 Å². The summed E-state index contributed by atoms with van der Waals surface area (Å²) in [6.45, 7) is 5.67. The number of benzene rings is 3. The molecule has 0 saturated carbocycles. The van der Waals surface area contributed by atoms with E-state index in [1.165, 1.54) is 24.8 Å². The number of hydrogen-bond acceptors (Lipinski definition) is 5. The number of fused-ring (bicyclic) bond motifs is 1. The molecule has 1 saturated heterocycles. The van der Waals surface area contributed by atoms with Gasteiger partial charge in [0.05, 0.1) is 17.2 Å². The van der Waals surface area contributed by atoms with Crippen LogP contribution >= 0.6 is 11.6 Å². The van der Waals surface area contributed by atoms with E-state index in [4.69, 9.17) is 16.3 Å². The summed E-state index contributed by atoms with van der Waals surface area (Å²) >= 11 is 6.00. The lowest BCUT2D eigenvalue weighted by Crippen LogP contribution is -2.31. The van der Waals surface area contributed by atoms with Gasteiger partial charge in [-0.15, -0.1) is 0 Å². The van der Waals surface area contributed by atoms with E-state index in [1.54, 1.807) is 12.1 Å². The normalized spacial score (nSPS) is 16.4. The Labute approximate surface area is 231 Å². The van der Waals surface area contributed by atoms with Crippen molar-refractivity contribution in [1.29, 1.82) is 0 Å². The third-order valence-electron chi connectivity index (χ3n) is 7.36. The summed E-state index contributed by atoms with van der Waals surface area (Å²) in [7, 11) is -3.80. The number of halogens is 1. The first-order valence-electron chi connectivity index (χ1n) is 13.6. The maximum absolute atomic E-state index is 13.4. The molecule has 0 bridgehead atoms. The topological polar surface area (TPSA) is 70.7 Å². The zero-order chi connectivity index (χ0) is 26.4. The van der Waals surface area contributed by atoms with Crippen molar-refractivity contribution in [2.75, 3.05) is 44.1 Å². The van der Waals surface area contributed by atoms with Crippen LogP contribution in [0.1, 0.15) is 36.8 Å². The highest BCUT2D eigenvalue weighted by Crippen LogP contribution is 2.33. The molecule has 8 heteroatoms. The summed E-state index contributed by atoms with van der Waals surface area (Å²) in [4.78, 5) is 2.70. The lowest BCUT2D eigenvalue weighted by molar-refractivity contribution is 0.205. The van der Waals surface area contributed by atoms with Gasteiger partial charge in [0.25, 0.3) is 10.0 Å². The van der Waals surface area contributed by atoms with Crippen LogP contribution in [0.25, 0.3) is 11.1 Å². The van der Waals surface area contributed by atoms with E-state index in [0.29, 0.717) is 23.1 Å². The van der Waals surface area contributed by atoms with Crippen LogP contribution in [0.4, 0.5) is 5.69 Å². The maximum Gasteiger partial charge on any atom is 0.262 e. The standard InChI is InChI=1S/C30H36ClN3O3S/c31-27-9-5-23(6-10-27)24-7-11-28(12-8-24)38(35,36)33-29-21-25-13-15-32-16-14-26(25)22-30(29)37-20-4-19-34-17-2-1-3-18-34/h5-12,21-22,32-33H,1-4,13-20H2. The SMILES string of the molecule is O=S(=O)(Nc1cc2c(cc1OCCCN1CCCCC1)CCNCC2)c1ccc(-c2ccc(Cl)cc2)cc1. The van der Waals surface area contributed by atoms with Crippen molar-refractivity contribution in [1.82, 2.24) is 10.2 Å². The van der Waals surface area contributed by atoms with Crippen molar-refractivity contribution >= 4 is 27.3 Å². The molecule has 3 aromatic carbocycles. The van der Waals surface area contributed by atoms with Crippen molar-refractivity contribution in [3.05, 3.63) is 76.8 Å². The quantitative estimate of drug-likeness (QED) is 0.330. The zero-order valence-electron chi connectivity index (χ0n) is 21.7. The van der Waals surface area contributed by atoms with Gasteiger partial charge in [-0.25, -0.2) is 8.42 Å². The minimum atomic E-state index is -3.80. The molecule has 1 fully saturated rings. The molecule has 2 aliphatic heterocycles. The fraction of sp³-hybridized carbons (Fsp3) is 0.400. The molecule has 0 atom stereocenters. The Bertz CT molecular complexity index is 1320. The summed E-state index contributed by atoms with van der Waals surface area (Å²) in [5.41, 5.74) is 4.79. The molecule has 3 aromatic rings. The van der Waals surface area contributed by atoms with Gasteiger partial charge in [0.1, 0.15) is 5.75 Å². The van der Waals surface area contributed by atoms with Gasteiger partial charge >= 0.3 is 0 Å². The number of hydrogen-bond donors (Lipinski definition) is 2. The van der Waals surface area contributed by atoms with Gasteiger partial charge in [-0.1, -0.05) is 42.3 Å². The Morgan fingerprint density at radius 2 is 1.50 bits per heavy atom. The molecule has 0 amide bonds. The number of nitrogens with one attached hydrogen (secondary N) is 2. The molecule has 202 valence electrons. The minimum Gasteiger partial charge on any atom is -0.491 e. The Kier molecular flexibility index (Phi) is 8.89. The number of sulfonamides is 1. The predicted octanol–water partition coefficient (Wildman–Crippen LogP) is 5.75. The van der Waals surface area contributed by atoms with Crippen LogP contribution in [0.2, 0.25) is 5.02 Å². The van der Waals surface area contributed by atoms with Gasteiger partial charge in [-0.05, 0) is 117 Å². The van der Waals surface area contributed by atoms with Gasteiger partial charge in [0, 0.05) is 11.6 Å². The van der Waals surface area contributed by atoms with Gasteiger partial charge in [-0.3, -0.25) is 4.72 Å². The van der Waals surface area contributed by atoms with Crippen LogP contribution in [-0.2, 0) is 22.9 Å². The van der Waals surface area contributed by atoms with Crippen LogP contribution in [-0.4, -0.2) is 52.6 Å². The number of likely N-dealkylation sites (tertiary alicyclic amines) is 1. The smallest absolute Gasteiger partial charge is 0.262 e. The summed E-state index contributed by atoms with van der Waals surface area (Å²) in [5, 5.41) is 4.09. The largest absolute Gasteiger partial charge is 0.491 e. The summed E-state index contributed by atoms with van der Waals surface area (Å²) in [5.74, 6) is 0.602. The predicted molar refractivity (Wildman–Crippen MR) is 155 cm³/mol.